The normalized spacial score (nSPS) is 15.1. The Hall–Kier alpha value is -2.87. The molecule has 0 radical (unpaired) electrons. The molecular weight excluding hydrogens is 482 g/mol. The summed E-state index contributed by atoms with van der Waals surface area (Å²) in [6, 6.07) is 23.7. The minimum absolute atomic E-state index is 0.116. The van der Waals surface area contributed by atoms with E-state index in [1.54, 1.807) is 24.3 Å². The van der Waals surface area contributed by atoms with Crippen LogP contribution in [0.2, 0.25) is 5.02 Å². The molecule has 3 aromatic rings. The van der Waals surface area contributed by atoms with E-state index in [0.29, 0.717) is 31.0 Å². The number of rotatable bonds is 8. The molecule has 0 unspecified atom stereocenters. The van der Waals surface area contributed by atoms with Crippen LogP contribution in [-0.4, -0.2) is 45.4 Å². The minimum atomic E-state index is -3.64. The molecule has 35 heavy (non-hydrogen) atoms. The van der Waals surface area contributed by atoms with Crippen molar-refractivity contribution in [3.8, 4) is 0 Å². The second kappa shape index (κ2) is 11.2. The molecule has 0 spiro atoms. The van der Waals surface area contributed by atoms with Crippen LogP contribution in [0, 0.1) is 0 Å². The number of piperazine rings is 1. The fourth-order valence-corrected chi connectivity index (χ4v) is 5.66. The van der Waals surface area contributed by atoms with E-state index in [-0.39, 0.29) is 16.8 Å². The number of hydrogen-bond donors (Lipinski definition) is 1. The molecule has 1 heterocycles. The molecule has 4 rings (SSSR count). The second-order valence-corrected chi connectivity index (χ2v) is 10.9. The average Bonchev–Trinajstić information content (AvgIpc) is 2.88. The topological polar surface area (TPSA) is 69.7 Å². The molecule has 1 fully saturated rings. The van der Waals surface area contributed by atoms with Gasteiger partial charge in [0.2, 0.25) is 15.9 Å². The van der Waals surface area contributed by atoms with Crippen molar-refractivity contribution in [1.82, 2.24) is 9.62 Å². The van der Waals surface area contributed by atoms with E-state index < -0.39 is 10.0 Å². The summed E-state index contributed by atoms with van der Waals surface area (Å²) in [5, 5.41) is 0.710. The summed E-state index contributed by atoms with van der Waals surface area (Å²) in [5.74, 6) is 0.116. The molecule has 8 heteroatoms. The summed E-state index contributed by atoms with van der Waals surface area (Å²) in [5.41, 5.74) is 2.91. The third-order valence-electron chi connectivity index (χ3n) is 6.30. The number of benzene rings is 3. The fraction of sp³-hybridized carbons (Fsp3) is 0.296. The third-order valence-corrected chi connectivity index (χ3v) is 8.09. The lowest BCUT2D eigenvalue weighted by atomic mass is 10.1. The zero-order valence-corrected chi connectivity index (χ0v) is 21.3. The number of carbonyl (C=O) groups excluding carboxylic acids is 1. The lowest BCUT2D eigenvalue weighted by molar-refractivity contribution is -0.131. The van der Waals surface area contributed by atoms with Gasteiger partial charge >= 0.3 is 0 Å². The van der Waals surface area contributed by atoms with Crippen molar-refractivity contribution < 1.29 is 13.2 Å². The van der Waals surface area contributed by atoms with Crippen LogP contribution in [0.1, 0.15) is 30.5 Å². The van der Waals surface area contributed by atoms with Gasteiger partial charge in [0.05, 0.1) is 4.90 Å². The number of nitrogens with zero attached hydrogens (tertiary/aromatic N) is 2. The van der Waals surface area contributed by atoms with E-state index in [1.165, 1.54) is 0 Å². The maximum Gasteiger partial charge on any atom is 0.241 e. The molecule has 0 bridgehead atoms. The van der Waals surface area contributed by atoms with Gasteiger partial charge in [0.15, 0.2) is 0 Å². The standard InChI is InChI=1S/C27H30ClN3O3S/c1-21(23-6-3-2-4-7-23)29-35(33,34)26-13-10-22(11-14-26)12-15-27(32)31-18-16-30(17-19-31)25-9-5-8-24(28)20-25/h2-11,13-14,20-21,29H,12,15-19H2,1H3/t21-/m1/s1. The first-order valence-electron chi connectivity index (χ1n) is 11.8. The lowest BCUT2D eigenvalue weighted by Crippen LogP contribution is -2.48. The van der Waals surface area contributed by atoms with Gasteiger partial charge in [-0.3, -0.25) is 4.79 Å². The van der Waals surface area contributed by atoms with Crippen molar-refractivity contribution in [2.75, 3.05) is 31.1 Å². The van der Waals surface area contributed by atoms with Gasteiger partial charge < -0.3 is 9.80 Å². The number of anilines is 1. The molecule has 1 saturated heterocycles. The Morgan fingerprint density at radius 2 is 1.63 bits per heavy atom. The van der Waals surface area contributed by atoms with Gasteiger partial charge in [-0.1, -0.05) is 60.1 Å². The Balaban J connectivity index is 1.27. The molecule has 184 valence electrons. The fourth-order valence-electron chi connectivity index (χ4n) is 4.24. The molecule has 1 amide bonds. The Morgan fingerprint density at radius 1 is 0.943 bits per heavy atom. The Labute approximate surface area is 212 Å². The summed E-state index contributed by atoms with van der Waals surface area (Å²) in [4.78, 5) is 17.1. The van der Waals surface area contributed by atoms with Crippen molar-refractivity contribution in [2.24, 2.45) is 0 Å². The van der Waals surface area contributed by atoms with Crippen molar-refractivity contribution in [3.63, 3.8) is 0 Å². The zero-order chi connectivity index (χ0) is 24.8. The van der Waals surface area contributed by atoms with Crippen LogP contribution >= 0.6 is 11.6 Å². The van der Waals surface area contributed by atoms with Gasteiger partial charge in [-0.05, 0) is 54.8 Å². The third kappa shape index (κ3) is 6.63. The molecule has 0 aliphatic carbocycles. The first kappa shape index (κ1) is 25.2. The maximum absolute atomic E-state index is 12.8. The SMILES string of the molecule is C[C@@H](NS(=O)(=O)c1ccc(CCC(=O)N2CCN(c3cccc(Cl)c3)CC2)cc1)c1ccccc1. The summed E-state index contributed by atoms with van der Waals surface area (Å²) < 4.78 is 28.2. The van der Waals surface area contributed by atoms with Crippen molar-refractivity contribution in [3.05, 3.63) is 95.0 Å². The Morgan fingerprint density at radius 3 is 2.29 bits per heavy atom. The second-order valence-electron chi connectivity index (χ2n) is 8.75. The van der Waals surface area contributed by atoms with Crippen LogP contribution < -0.4 is 9.62 Å². The summed E-state index contributed by atoms with van der Waals surface area (Å²) >= 11 is 6.10. The van der Waals surface area contributed by atoms with Crippen molar-refractivity contribution in [2.45, 2.75) is 30.7 Å². The van der Waals surface area contributed by atoms with E-state index >= 15 is 0 Å². The van der Waals surface area contributed by atoms with Gasteiger partial charge in [0, 0.05) is 49.4 Å². The smallest absolute Gasteiger partial charge is 0.241 e. The molecule has 0 saturated carbocycles. The summed E-state index contributed by atoms with van der Waals surface area (Å²) in [6.07, 6.45) is 0.966. The highest BCUT2D eigenvalue weighted by atomic mass is 35.5. The van der Waals surface area contributed by atoms with Crippen LogP contribution in [0.4, 0.5) is 5.69 Å². The van der Waals surface area contributed by atoms with E-state index in [0.717, 1.165) is 29.9 Å². The van der Waals surface area contributed by atoms with Crippen molar-refractivity contribution in [1.29, 1.82) is 0 Å². The highest BCUT2D eigenvalue weighted by molar-refractivity contribution is 7.89. The molecular formula is C27H30ClN3O3S. The summed E-state index contributed by atoms with van der Waals surface area (Å²) in [7, 11) is -3.64. The van der Waals surface area contributed by atoms with Crippen LogP contribution in [0.3, 0.4) is 0 Å². The molecule has 1 aliphatic heterocycles. The first-order valence-corrected chi connectivity index (χ1v) is 13.6. The number of sulfonamides is 1. The minimum Gasteiger partial charge on any atom is -0.368 e. The highest BCUT2D eigenvalue weighted by Gasteiger charge is 2.22. The molecule has 1 N–H and O–H groups in total. The zero-order valence-electron chi connectivity index (χ0n) is 19.7. The monoisotopic (exact) mass is 511 g/mol. The number of hydrogen-bond acceptors (Lipinski definition) is 4. The van der Waals surface area contributed by atoms with Gasteiger partial charge in [-0.2, -0.15) is 0 Å². The quantitative estimate of drug-likeness (QED) is 0.477. The van der Waals surface area contributed by atoms with E-state index in [2.05, 4.69) is 9.62 Å². The van der Waals surface area contributed by atoms with E-state index in [4.69, 9.17) is 11.6 Å². The van der Waals surface area contributed by atoms with Crippen LogP contribution in [0.25, 0.3) is 0 Å². The van der Waals surface area contributed by atoms with Crippen LogP contribution in [0.15, 0.2) is 83.8 Å². The molecule has 6 nitrogen and oxygen atoms in total. The predicted octanol–water partition coefficient (Wildman–Crippen LogP) is 4.66. The molecule has 3 aromatic carbocycles. The average molecular weight is 512 g/mol. The molecule has 1 aliphatic rings. The van der Waals surface area contributed by atoms with E-state index in [1.807, 2.05) is 66.4 Å². The maximum atomic E-state index is 12.8. The van der Waals surface area contributed by atoms with Crippen molar-refractivity contribution >= 4 is 33.2 Å². The Kier molecular flexibility index (Phi) is 8.11. The number of carbonyl (C=O) groups is 1. The van der Waals surface area contributed by atoms with Crippen LogP contribution in [-0.2, 0) is 21.2 Å². The molecule has 1 atom stereocenters. The highest BCUT2D eigenvalue weighted by Crippen LogP contribution is 2.21. The van der Waals surface area contributed by atoms with Gasteiger partial charge in [-0.15, -0.1) is 0 Å². The number of amides is 1. The number of halogens is 1. The first-order chi connectivity index (χ1) is 16.8. The number of nitrogens with one attached hydrogen (secondary N) is 1. The molecule has 0 aromatic heterocycles. The van der Waals surface area contributed by atoms with Gasteiger partial charge in [0.1, 0.15) is 0 Å². The summed E-state index contributed by atoms with van der Waals surface area (Å²) in [6.45, 7) is 4.71. The number of aryl methyl sites for hydroxylation is 1. The lowest BCUT2D eigenvalue weighted by Gasteiger charge is -2.36. The van der Waals surface area contributed by atoms with Gasteiger partial charge in [0.25, 0.3) is 0 Å². The van der Waals surface area contributed by atoms with E-state index in [9.17, 15) is 13.2 Å². The predicted molar refractivity (Wildman–Crippen MR) is 140 cm³/mol. The van der Waals surface area contributed by atoms with Crippen LogP contribution in [0.5, 0.6) is 0 Å². The largest absolute Gasteiger partial charge is 0.368 e. The van der Waals surface area contributed by atoms with Gasteiger partial charge in [-0.25, -0.2) is 13.1 Å². The Bertz CT molecular complexity index is 1240.